The minimum atomic E-state index is 0.0279. The SMILES string of the molecule is COc1cc(OC)c(C(Cc2ccccc2[Se])c2ccc(-c3ccccc3)cc2)c(OC)c1. The zero-order valence-electron chi connectivity index (χ0n) is 19.1. The van der Waals surface area contributed by atoms with E-state index < -0.39 is 0 Å². The molecule has 4 aromatic rings. The number of ether oxygens (including phenoxy) is 3. The molecule has 0 amide bonds. The van der Waals surface area contributed by atoms with Gasteiger partial charge in [0.05, 0.1) is 0 Å². The number of hydrogen-bond donors (Lipinski definition) is 0. The van der Waals surface area contributed by atoms with E-state index in [2.05, 4.69) is 82.7 Å². The molecule has 0 heterocycles. The molecule has 0 saturated carbocycles. The van der Waals surface area contributed by atoms with Crippen molar-refractivity contribution in [2.75, 3.05) is 21.3 Å². The van der Waals surface area contributed by atoms with E-state index in [0.717, 1.165) is 27.9 Å². The second-order valence-electron chi connectivity index (χ2n) is 7.80. The Bertz CT molecular complexity index is 1180. The molecule has 0 aliphatic rings. The van der Waals surface area contributed by atoms with Gasteiger partial charge in [0.25, 0.3) is 0 Å². The van der Waals surface area contributed by atoms with Crippen molar-refractivity contribution in [1.82, 2.24) is 0 Å². The Balaban J connectivity index is 1.84. The molecule has 0 aliphatic heterocycles. The molecule has 0 spiro atoms. The summed E-state index contributed by atoms with van der Waals surface area (Å²) in [6.07, 6.45) is 0.799. The molecule has 0 saturated heterocycles. The fraction of sp³-hybridized carbons (Fsp3) is 0.172. The normalized spacial score (nSPS) is 11.6. The predicted octanol–water partition coefficient (Wildman–Crippen LogP) is 5.55. The van der Waals surface area contributed by atoms with Gasteiger partial charge >= 0.3 is 204 Å². The zero-order chi connectivity index (χ0) is 23.2. The van der Waals surface area contributed by atoms with Crippen molar-refractivity contribution in [2.45, 2.75) is 12.3 Å². The van der Waals surface area contributed by atoms with Crippen LogP contribution in [0.25, 0.3) is 11.1 Å². The summed E-state index contributed by atoms with van der Waals surface area (Å²) >= 11 is 3.20. The van der Waals surface area contributed by atoms with Crippen LogP contribution in [0.3, 0.4) is 0 Å². The molecule has 167 valence electrons. The fourth-order valence-corrected chi connectivity index (χ4v) is 4.68. The average Bonchev–Trinajstić information content (AvgIpc) is 2.88. The van der Waals surface area contributed by atoms with E-state index in [1.165, 1.54) is 22.3 Å². The van der Waals surface area contributed by atoms with Crippen LogP contribution in [0.15, 0.2) is 91.0 Å². The van der Waals surface area contributed by atoms with E-state index in [9.17, 15) is 0 Å². The molecule has 1 unspecified atom stereocenters. The number of benzene rings is 4. The Kier molecular flexibility index (Phi) is 7.39. The maximum atomic E-state index is 5.83. The van der Waals surface area contributed by atoms with Crippen LogP contribution in [0, 0.1) is 0 Å². The summed E-state index contributed by atoms with van der Waals surface area (Å²) in [5, 5.41) is 0. The van der Waals surface area contributed by atoms with Gasteiger partial charge in [-0.3, -0.25) is 0 Å². The molecular formula is C29H27O3Se. The van der Waals surface area contributed by atoms with Gasteiger partial charge in [-0.05, 0) is 0 Å². The third kappa shape index (κ3) is 5.08. The first-order valence-corrected chi connectivity index (χ1v) is 11.7. The van der Waals surface area contributed by atoms with Gasteiger partial charge in [-0.15, -0.1) is 0 Å². The molecular weight excluding hydrogens is 475 g/mol. The van der Waals surface area contributed by atoms with Crippen LogP contribution in [0.5, 0.6) is 17.2 Å². The van der Waals surface area contributed by atoms with Crippen LogP contribution < -0.4 is 18.7 Å². The molecule has 33 heavy (non-hydrogen) atoms. The van der Waals surface area contributed by atoms with E-state index in [1.807, 2.05) is 24.3 Å². The van der Waals surface area contributed by atoms with Crippen LogP contribution in [-0.4, -0.2) is 37.3 Å². The summed E-state index contributed by atoms with van der Waals surface area (Å²) in [5.41, 5.74) is 5.84. The first kappa shape index (κ1) is 23.0. The Morgan fingerprint density at radius 3 is 1.82 bits per heavy atom. The van der Waals surface area contributed by atoms with E-state index in [4.69, 9.17) is 14.2 Å². The second-order valence-corrected chi connectivity index (χ2v) is 8.72. The first-order valence-electron chi connectivity index (χ1n) is 10.8. The molecule has 1 radical (unpaired) electrons. The Morgan fingerprint density at radius 1 is 0.667 bits per heavy atom. The topological polar surface area (TPSA) is 27.7 Å². The summed E-state index contributed by atoms with van der Waals surface area (Å²) in [6.45, 7) is 0. The first-order chi connectivity index (χ1) is 16.1. The minimum absolute atomic E-state index is 0.0279. The number of rotatable bonds is 8. The van der Waals surface area contributed by atoms with Crippen molar-refractivity contribution in [3.8, 4) is 28.4 Å². The van der Waals surface area contributed by atoms with Crippen molar-refractivity contribution in [3.05, 3.63) is 108 Å². The third-order valence-corrected chi connectivity index (χ3v) is 6.75. The van der Waals surface area contributed by atoms with E-state index in [0.29, 0.717) is 5.75 Å². The van der Waals surface area contributed by atoms with Gasteiger partial charge in [-0.2, -0.15) is 0 Å². The van der Waals surface area contributed by atoms with Crippen molar-refractivity contribution >= 4 is 20.5 Å². The number of methoxy groups -OCH3 is 3. The van der Waals surface area contributed by atoms with Gasteiger partial charge in [0.1, 0.15) is 0 Å². The molecule has 3 nitrogen and oxygen atoms in total. The molecule has 0 aliphatic carbocycles. The molecule has 0 N–H and O–H groups in total. The summed E-state index contributed by atoms with van der Waals surface area (Å²) in [4.78, 5) is 0. The summed E-state index contributed by atoms with van der Waals surface area (Å²) in [6, 6.07) is 31.5. The molecule has 0 fully saturated rings. The molecule has 4 heteroatoms. The van der Waals surface area contributed by atoms with Gasteiger partial charge in [-0.25, -0.2) is 0 Å². The molecule has 4 rings (SSSR count). The molecule has 4 aromatic carbocycles. The summed E-state index contributed by atoms with van der Waals surface area (Å²) in [5.74, 6) is 2.23. The van der Waals surface area contributed by atoms with Crippen LogP contribution in [0.4, 0.5) is 0 Å². The Hall–Kier alpha value is -3.20. The Labute approximate surface area is 204 Å². The molecule has 0 bridgehead atoms. The van der Waals surface area contributed by atoms with Crippen molar-refractivity contribution in [1.29, 1.82) is 0 Å². The van der Waals surface area contributed by atoms with Gasteiger partial charge in [0, 0.05) is 0 Å². The van der Waals surface area contributed by atoms with E-state index >= 15 is 0 Å². The molecule has 0 aromatic heterocycles. The Morgan fingerprint density at radius 2 is 1.24 bits per heavy atom. The summed E-state index contributed by atoms with van der Waals surface area (Å²) in [7, 11) is 5.03. The second kappa shape index (κ2) is 10.6. The van der Waals surface area contributed by atoms with Crippen LogP contribution in [0.1, 0.15) is 22.6 Å². The van der Waals surface area contributed by atoms with Crippen LogP contribution in [0.2, 0.25) is 0 Å². The zero-order valence-corrected chi connectivity index (χ0v) is 20.8. The van der Waals surface area contributed by atoms with E-state index in [-0.39, 0.29) is 5.92 Å². The van der Waals surface area contributed by atoms with Gasteiger partial charge in [0.15, 0.2) is 0 Å². The monoisotopic (exact) mass is 503 g/mol. The average molecular weight is 502 g/mol. The quantitative estimate of drug-likeness (QED) is 0.296. The van der Waals surface area contributed by atoms with Crippen molar-refractivity contribution in [3.63, 3.8) is 0 Å². The van der Waals surface area contributed by atoms with Crippen molar-refractivity contribution < 1.29 is 14.2 Å². The summed E-state index contributed by atoms with van der Waals surface area (Å²) < 4.78 is 18.3. The van der Waals surface area contributed by atoms with Crippen LogP contribution in [-0.2, 0) is 6.42 Å². The van der Waals surface area contributed by atoms with Gasteiger partial charge < -0.3 is 0 Å². The predicted molar refractivity (Wildman–Crippen MR) is 135 cm³/mol. The number of hydrogen-bond acceptors (Lipinski definition) is 3. The standard InChI is InChI=1S/C29H27O3Se/c1-30-24-18-26(31-2)29(27(19-24)32-3)25(17-23-11-7-8-12-28(23)33)22-15-13-21(14-16-22)20-9-5-4-6-10-20/h4-16,18-19,25H,17H2,1-3H3. The van der Waals surface area contributed by atoms with E-state index in [1.54, 1.807) is 21.3 Å². The molecule has 1 atom stereocenters. The van der Waals surface area contributed by atoms with Crippen LogP contribution >= 0.6 is 0 Å². The third-order valence-electron chi connectivity index (χ3n) is 5.92. The maximum absolute atomic E-state index is 5.83. The van der Waals surface area contributed by atoms with Crippen molar-refractivity contribution in [2.24, 2.45) is 0 Å². The van der Waals surface area contributed by atoms with Gasteiger partial charge in [0.2, 0.25) is 0 Å². The van der Waals surface area contributed by atoms with Gasteiger partial charge in [-0.1, -0.05) is 0 Å². The fourth-order valence-electron chi connectivity index (χ4n) is 4.19.